The molecule has 1 aromatic heterocycles. The van der Waals surface area contributed by atoms with Crippen LogP contribution in [0.15, 0.2) is 34.7 Å². The SMILES string of the molecule is Cc1ccc(Cl)cc1NC(=O)c1oc2ccc3c(c2c1C)C(=O)CC(C)(C)O3. The molecule has 0 bridgehead atoms. The van der Waals surface area contributed by atoms with E-state index in [2.05, 4.69) is 5.32 Å². The number of halogens is 1. The van der Waals surface area contributed by atoms with Crippen LogP contribution in [-0.4, -0.2) is 17.3 Å². The van der Waals surface area contributed by atoms with Crippen LogP contribution in [0.5, 0.6) is 5.75 Å². The summed E-state index contributed by atoms with van der Waals surface area (Å²) < 4.78 is 11.8. The third-order valence-corrected chi connectivity index (χ3v) is 5.20. The van der Waals surface area contributed by atoms with Crippen LogP contribution < -0.4 is 10.1 Å². The van der Waals surface area contributed by atoms with Crippen molar-refractivity contribution in [3.8, 4) is 5.75 Å². The monoisotopic (exact) mass is 397 g/mol. The summed E-state index contributed by atoms with van der Waals surface area (Å²) in [6.45, 7) is 7.42. The van der Waals surface area contributed by atoms with Gasteiger partial charge in [0, 0.05) is 21.7 Å². The van der Waals surface area contributed by atoms with Crippen molar-refractivity contribution < 1.29 is 18.7 Å². The summed E-state index contributed by atoms with van der Waals surface area (Å²) in [5, 5.41) is 4.00. The summed E-state index contributed by atoms with van der Waals surface area (Å²) in [5.74, 6) is 0.284. The number of carbonyl (C=O) groups excluding carboxylic acids is 2. The van der Waals surface area contributed by atoms with E-state index in [-0.39, 0.29) is 18.0 Å². The number of fused-ring (bicyclic) bond motifs is 3. The Morgan fingerprint density at radius 3 is 2.68 bits per heavy atom. The van der Waals surface area contributed by atoms with Crippen molar-refractivity contribution in [2.45, 2.75) is 39.7 Å². The summed E-state index contributed by atoms with van der Waals surface area (Å²) >= 11 is 6.03. The molecular formula is C22H20ClNO4. The molecule has 0 aliphatic carbocycles. The summed E-state index contributed by atoms with van der Waals surface area (Å²) in [5.41, 5.74) is 2.52. The molecule has 5 nitrogen and oxygen atoms in total. The largest absolute Gasteiger partial charge is 0.487 e. The van der Waals surface area contributed by atoms with Crippen LogP contribution in [0, 0.1) is 13.8 Å². The van der Waals surface area contributed by atoms with E-state index in [0.717, 1.165) is 5.56 Å². The second kappa shape index (κ2) is 6.38. The number of furan rings is 1. The highest BCUT2D eigenvalue weighted by atomic mass is 35.5. The highest BCUT2D eigenvalue weighted by Gasteiger charge is 2.35. The zero-order valence-electron chi connectivity index (χ0n) is 16.1. The van der Waals surface area contributed by atoms with E-state index < -0.39 is 11.5 Å². The molecule has 1 aliphatic heterocycles. The number of aryl methyl sites for hydroxylation is 2. The first-order valence-electron chi connectivity index (χ1n) is 9.02. The molecule has 3 aromatic rings. The van der Waals surface area contributed by atoms with Crippen molar-refractivity contribution in [1.29, 1.82) is 0 Å². The number of benzene rings is 2. The smallest absolute Gasteiger partial charge is 0.291 e. The molecule has 0 atom stereocenters. The standard InChI is InChI=1S/C22H20ClNO4/c1-11-5-6-13(23)9-14(11)24-21(26)20-12(2)18-16(27-20)7-8-17-19(18)15(25)10-22(3,4)28-17/h5-9H,10H2,1-4H3,(H,24,26). The Kier molecular flexibility index (Phi) is 4.23. The zero-order valence-corrected chi connectivity index (χ0v) is 16.9. The van der Waals surface area contributed by atoms with Gasteiger partial charge in [0.1, 0.15) is 16.9 Å². The average Bonchev–Trinajstić information content (AvgIpc) is 2.94. The molecule has 1 amide bonds. The lowest BCUT2D eigenvalue weighted by molar-refractivity contribution is 0.0623. The van der Waals surface area contributed by atoms with Gasteiger partial charge in [-0.2, -0.15) is 0 Å². The van der Waals surface area contributed by atoms with Gasteiger partial charge in [-0.3, -0.25) is 9.59 Å². The predicted molar refractivity (Wildman–Crippen MR) is 109 cm³/mol. The van der Waals surface area contributed by atoms with Crippen molar-refractivity contribution in [3.63, 3.8) is 0 Å². The van der Waals surface area contributed by atoms with Gasteiger partial charge in [0.05, 0.1) is 12.0 Å². The molecule has 6 heteroatoms. The fourth-order valence-corrected chi connectivity index (χ4v) is 3.79. The second-order valence-electron chi connectivity index (χ2n) is 7.74. The molecule has 1 N–H and O–H groups in total. The van der Waals surface area contributed by atoms with Gasteiger partial charge in [-0.25, -0.2) is 0 Å². The van der Waals surface area contributed by atoms with Gasteiger partial charge < -0.3 is 14.5 Å². The number of hydrogen-bond donors (Lipinski definition) is 1. The second-order valence-corrected chi connectivity index (χ2v) is 8.18. The van der Waals surface area contributed by atoms with E-state index in [9.17, 15) is 9.59 Å². The fourth-order valence-electron chi connectivity index (χ4n) is 3.62. The van der Waals surface area contributed by atoms with Crippen LogP contribution in [0.3, 0.4) is 0 Å². The Labute approximate surface area is 167 Å². The molecule has 0 unspecified atom stereocenters. The quantitative estimate of drug-likeness (QED) is 0.602. The maximum Gasteiger partial charge on any atom is 0.291 e. The van der Waals surface area contributed by atoms with Crippen molar-refractivity contribution in [2.75, 3.05) is 5.32 Å². The van der Waals surface area contributed by atoms with Gasteiger partial charge >= 0.3 is 0 Å². The van der Waals surface area contributed by atoms with Crippen molar-refractivity contribution in [3.05, 3.63) is 57.8 Å². The number of nitrogens with one attached hydrogen (secondary N) is 1. The molecule has 2 aromatic carbocycles. The Hall–Kier alpha value is -2.79. The molecule has 0 fully saturated rings. The van der Waals surface area contributed by atoms with Crippen LogP contribution >= 0.6 is 11.6 Å². The summed E-state index contributed by atoms with van der Waals surface area (Å²) in [6, 6.07) is 8.74. The van der Waals surface area contributed by atoms with Gasteiger partial charge in [0.15, 0.2) is 11.5 Å². The van der Waals surface area contributed by atoms with E-state index in [0.29, 0.717) is 38.6 Å². The first-order valence-corrected chi connectivity index (χ1v) is 9.40. The van der Waals surface area contributed by atoms with E-state index in [1.54, 1.807) is 31.2 Å². The molecule has 1 aliphatic rings. The van der Waals surface area contributed by atoms with Gasteiger partial charge in [-0.1, -0.05) is 17.7 Å². The van der Waals surface area contributed by atoms with Gasteiger partial charge in [-0.05, 0) is 57.5 Å². The summed E-state index contributed by atoms with van der Waals surface area (Å²) in [6.07, 6.45) is 0.271. The maximum atomic E-state index is 12.9. The summed E-state index contributed by atoms with van der Waals surface area (Å²) in [7, 11) is 0. The molecule has 144 valence electrons. The minimum absolute atomic E-state index is 0.0154. The van der Waals surface area contributed by atoms with Crippen molar-refractivity contribution in [2.24, 2.45) is 0 Å². The topological polar surface area (TPSA) is 68.5 Å². The van der Waals surface area contributed by atoms with Gasteiger partial charge in [0.2, 0.25) is 0 Å². The minimum Gasteiger partial charge on any atom is -0.487 e. The lowest BCUT2D eigenvalue weighted by Crippen LogP contribution is -2.35. The Balaban J connectivity index is 1.79. The third kappa shape index (κ3) is 3.06. The third-order valence-electron chi connectivity index (χ3n) is 4.96. The molecule has 0 spiro atoms. The predicted octanol–water partition coefficient (Wildman–Crippen LogP) is 5.70. The molecule has 0 saturated heterocycles. The lowest BCUT2D eigenvalue weighted by atomic mass is 9.90. The first kappa shape index (κ1) is 18.6. The number of Topliss-reactive ketones (excluding diaryl/α,β-unsaturated/α-hetero) is 1. The van der Waals surface area contributed by atoms with Crippen LogP contribution in [0.1, 0.15) is 52.3 Å². The van der Waals surface area contributed by atoms with E-state index in [1.165, 1.54) is 0 Å². The number of rotatable bonds is 2. The number of hydrogen-bond acceptors (Lipinski definition) is 4. The van der Waals surface area contributed by atoms with Gasteiger partial charge in [-0.15, -0.1) is 0 Å². The Morgan fingerprint density at radius 1 is 1.18 bits per heavy atom. The van der Waals surface area contributed by atoms with E-state index in [1.807, 2.05) is 26.8 Å². The number of ether oxygens (including phenoxy) is 1. The zero-order chi connectivity index (χ0) is 20.2. The number of amides is 1. The Morgan fingerprint density at radius 2 is 1.93 bits per heavy atom. The molecule has 0 radical (unpaired) electrons. The number of anilines is 1. The summed E-state index contributed by atoms with van der Waals surface area (Å²) in [4.78, 5) is 25.6. The molecule has 0 saturated carbocycles. The lowest BCUT2D eigenvalue weighted by Gasteiger charge is -2.31. The van der Waals surface area contributed by atoms with Crippen LogP contribution in [-0.2, 0) is 0 Å². The van der Waals surface area contributed by atoms with Crippen LogP contribution in [0.4, 0.5) is 5.69 Å². The maximum absolute atomic E-state index is 12.9. The average molecular weight is 398 g/mol. The fraction of sp³-hybridized carbons (Fsp3) is 0.273. The highest BCUT2D eigenvalue weighted by molar-refractivity contribution is 6.31. The number of ketones is 1. The van der Waals surface area contributed by atoms with E-state index >= 15 is 0 Å². The highest BCUT2D eigenvalue weighted by Crippen LogP contribution is 2.40. The van der Waals surface area contributed by atoms with Crippen molar-refractivity contribution in [1.82, 2.24) is 0 Å². The van der Waals surface area contributed by atoms with Crippen LogP contribution in [0.25, 0.3) is 11.0 Å². The minimum atomic E-state index is -0.556. The van der Waals surface area contributed by atoms with Crippen molar-refractivity contribution >= 4 is 39.9 Å². The van der Waals surface area contributed by atoms with Gasteiger partial charge in [0.25, 0.3) is 5.91 Å². The molecular weight excluding hydrogens is 378 g/mol. The van der Waals surface area contributed by atoms with Crippen LogP contribution in [0.2, 0.25) is 5.02 Å². The van der Waals surface area contributed by atoms with E-state index in [4.69, 9.17) is 20.8 Å². The Bertz CT molecular complexity index is 1140. The molecule has 4 rings (SSSR count). The number of carbonyl (C=O) groups is 2. The normalized spacial score (nSPS) is 15.2. The first-order chi connectivity index (χ1) is 13.2. The molecule has 28 heavy (non-hydrogen) atoms. The molecule has 2 heterocycles.